The second-order valence-electron chi connectivity index (χ2n) is 3.00. The van der Waals surface area contributed by atoms with Crippen LogP contribution in [-0.2, 0) is 9.84 Å². The van der Waals surface area contributed by atoms with Crippen molar-refractivity contribution >= 4 is 22.5 Å². The summed E-state index contributed by atoms with van der Waals surface area (Å²) < 4.78 is 27.8. The zero-order chi connectivity index (χ0) is 11.1. The number of ether oxygens (including phenoxy) is 1. The fourth-order valence-electron chi connectivity index (χ4n) is 1.30. The molecule has 1 heterocycles. The third-order valence-corrected chi connectivity index (χ3v) is 3.46. The molecular formula is C9H7NO4S. The zero-order valence-corrected chi connectivity index (χ0v) is 8.45. The van der Waals surface area contributed by atoms with E-state index in [2.05, 4.69) is 11.7 Å². The molecule has 0 saturated heterocycles. The summed E-state index contributed by atoms with van der Waals surface area (Å²) in [5, 5.41) is 0. The Balaban J connectivity index is 2.60. The number of carbonyl (C=O) groups excluding carboxylic acids is 1. The predicted molar refractivity (Wildman–Crippen MR) is 53.0 cm³/mol. The van der Waals surface area contributed by atoms with E-state index < -0.39 is 15.7 Å². The third kappa shape index (κ3) is 1.52. The van der Waals surface area contributed by atoms with Crippen molar-refractivity contribution < 1.29 is 17.9 Å². The van der Waals surface area contributed by atoms with Crippen molar-refractivity contribution in [1.82, 2.24) is 0 Å². The summed E-state index contributed by atoms with van der Waals surface area (Å²) in [5.74, 6) is -0.655. The Morgan fingerprint density at radius 1 is 1.47 bits per heavy atom. The first-order valence-corrected chi connectivity index (χ1v) is 5.70. The van der Waals surface area contributed by atoms with Gasteiger partial charge in [0.1, 0.15) is 10.6 Å². The molecule has 0 unspecified atom stereocenters. The van der Waals surface area contributed by atoms with Gasteiger partial charge < -0.3 is 4.74 Å². The lowest BCUT2D eigenvalue weighted by Gasteiger charge is -1.98. The summed E-state index contributed by atoms with van der Waals surface area (Å²) in [5.41, 5.74) is 0.192. The normalized spacial score (nSPS) is 16.5. The lowest BCUT2D eigenvalue weighted by atomic mass is 10.2. The number of hydrogen-bond acceptors (Lipinski definition) is 4. The van der Waals surface area contributed by atoms with E-state index in [1.54, 1.807) is 0 Å². The van der Waals surface area contributed by atoms with Crippen LogP contribution in [0, 0.1) is 0 Å². The number of benzene rings is 1. The number of sulfone groups is 1. The van der Waals surface area contributed by atoms with E-state index in [0.29, 0.717) is 0 Å². The minimum absolute atomic E-state index is 0.0389. The van der Waals surface area contributed by atoms with Crippen molar-refractivity contribution in [3.05, 3.63) is 23.8 Å². The summed E-state index contributed by atoms with van der Waals surface area (Å²) in [6.45, 7) is 3.09. The summed E-state index contributed by atoms with van der Waals surface area (Å²) in [7, 11) is -3.41. The highest BCUT2D eigenvalue weighted by atomic mass is 32.2. The van der Waals surface area contributed by atoms with Crippen LogP contribution in [0.15, 0.2) is 28.1 Å². The number of fused-ring (bicyclic) bond motifs is 1. The van der Waals surface area contributed by atoms with Gasteiger partial charge >= 0.3 is 0 Å². The zero-order valence-electron chi connectivity index (χ0n) is 7.63. The van der Waals surface area contributed by atoms with E-state index in [0.717, 1.165) is 0 Å². The van der Waals surface area contributed by atoms with Gasteiger partial charge in [0.2, 0.25) is 9.84 Å². The lowest BCUT2D eigenvalue weighted by molar-refractivity contribution is 0.100. The molecule has 0 saturated carbocycles. The van der Waals surface area contributed by atoms with Crippen LogP contribution in [0.5, 0.6) is 5.75 Å². The van der Waals surface area contributed by atoms with Crippen LogP contribution in [0.25, 0.3) is 0 Å². The number of hydrogen-bond donors (Lipinski definition) is 0. The van der Waals surface area contributed by atoms with Gasteiger partial charge in [-0.05, 0) is 24.9 Å². The Morgan fingerprint density at radius 3 is 2.87 bits per heavy atom. The van der Waals surface area contributed by atoms with Crippen LogP contribution in [0.3, 0.4) is 0 Å². The van der Waals surface area contributed by atoms with Gasteiger partial charge in [-0.25, -0.2) is 13.4 Å². The van der Waals surface area contributed by atoms with E-state index >= 15 is 0 Å². The summed E-state index contributed by atoms with van der Waals surface area (Å²) >= 11 is 0. The van der Waals surface area contributed by atoms with Gasteiger partial charge in [0, 0.05) is 5.56 Å². The monoisotopic (exact) mass is 225 g/mol. The molecule has 0 spiro atoms. The fourth-order valence-corrected chi connectivity index (χ4v) is 2.45. The van der Waals surface area contributed by atoms with Gasteiger partial charge in [-0.15, -0.1) is 0 Å². The highest BCUT2D eigenvalue weighted by molar-refractivity contribution is 7.91. The van der Waals surface area contributed by atoms with E-state index in [-0.39, 0.29) is 22.1 Å². The molecule has 1 aliphatic rings. The Bertz CT molecular complexity index is 547. The SMILES string of the molecule is C=NC(=O)c1ccc2c(c1)S(=O)(=O)CO2. The minimum atomic E-state index is -3.41. The first-order valence-electron chi connectivity index (χ1n) is 4.05. The topological polar surface area (TPSA) is 72.8 Å². The molecule has 0 bridgehead atoms. The van der Waals surface area contributed by atoms with Crippen LogP contribution in [0.2, 0.25) is 0 Å². The maximum absolute atomic E-state index is 11.4. The largest absolute Gasteiger partial charge is 0.476 e. The van der Waals surface area contributed by atoms with E-state index in [1.165, 1.54) is 18.2 Å². The van der Waals surface area contributed by atoms with Gasteiger partial charge in [-0.3, -0.25) is 4.79 Å². The molecule has 0 radical (unpaired) electrons. The molecule has 1 aliphatic heterocycles. The van der Waals surface area contributed by atoms with Gasteiger partial charge in [-0.2, -0.15) is 0 Å². The standard InChI is InChI=1S/C9H7NO4S/c1-10-9(11)6-2-3-7-8(4-6)15(12,13)5-14-7/h2-4H,1,5H2. The first kappa shape index (κ1) is 9.85. The van der Waals surface area contributed by atoms with Crippen molar-refractivity contribution in [2.24, 2.45) is 4.99 Å². The molecule has 78 valence electrons. The molecule has 0 atom stereocenters. The molecule has 1 aromatic rings. The minimum Gasteiger partial charge on any atom is -0.476 e. The molecule has 1 amide bonds. The molecule has 15 heavy (non-hydrogen) atoms. The first-order chi connectivity index (χ1) is 7.04. The van der Waals surface area contributed by atoms with Crippen molar-refractivity contribution in [2.75, 3.05) is 5.94 Å². The number of rotatable bonds is 1. The molecule has 5 nitrogen and oxygen atoms in total. The maximum Gasteiger partial charge on any atom is 0.276 e. The van der Waals surface area contributed by atoms with Gasteiger partial charge in [0.05, 0.1) is 0 Å². The lowest BCUT2D eigenvalue weighted by Crippen LogP contribution is -2.02. The maximum atomic E-state index is 11.4. The predicted octanol–water partition coefficient (Wildman–Crippen LogP) is 0.651. The fraction of sp³-hybridized carbons (Fsp3) is 0.111. The Kier molecular flexibility index (Phi) is 2.08. The summed E-state index contributed by atoms with van der Waals surface area (Å²) in [4.78, 5) is 14.4. The number of carbonyl (C=O) groups is 1. The highest BCUT2D eigenvalue weighted by Gasteiger charge is 2.28. The number of nitrogens with zero attached hydrogens (tertiary/aromatic N) is 1. The van der Waals surface area contributed by atoms with E-state index in [9.17, 15) is 13.2 Å². The summed E-state index contributed by atoms with van der Waals surface area (Å²) in [6, 6.07) is 4.16. The average Bonchev–Trinajstić information content (AvgIpc) is 2.53. The molecular weight excluding hydrogens is 218 g/mol. The van der Waals surface area contributed by atoms with Gasteiger partial charge in [0.25, 0.3) is 5.91 Å². The third-order valence-electron chi connectivity index (χ3n) is 2.04. The van der Waals surface area contributed by atoms with Crippen molar-refractivity contribution in [1.29, 1.82) is 0 Å². The molecule has 0 aromatic heterocycles. The number of amides is 1. The Morgan fingerprint density at radius 2 is 2.20 bits per heavy atom. The van der Waals surface area contributed by atoms with Gasteiger partial charge in [0.15, 0.2) is 5.94 Å². The Labute approximate surface area is 86.3 Å². The van der Waals surface area contributed by atoms with Crippen LogP contribution >= 0.6 is 0 Å². The smallest absolute Gasteiger partial charge is 0.276 e. The quantitative estimate of drug-likeness (QED) is 0.658. The molecule has 1 aromatic carbocycles. The molecule has 0 N–H and O–H groups in total. The van der Waals surface area contributed by atoms with Gasteiger partial charge in [-0.1, -0.05) is 0 Å². The van der Waals surface area contributed by atoms with Crippen LogP contribution < -0.4 is 4.74 Å². The van der Waals surface area contributed by atoms with Crippen LogP contribution in [-0.4, -0.2) is 27.0 Å². The van der Waals surface area contributed by atoms with Crippen molar-refractivity contribution in [3.8, 4) is 5.75 Å². The Hall–Kier alpha value is -1.69. The average molecular weight is 225 g/mol. The second-order valence-corrected chi connectivity index (χ2v) is 4.91. The van der Waals surface area contributed by atoms with Crippen LogP contribution in [0.4, 0.5) is 0 Å². The molecule has 2 rings (SSSR count). The molecule has 6 heteroatoms. The highest BCUT2D eigenvalue weighted by Crippen LogP contribution is 2.31. The van der Waals surface area contributed by atoms with E-state index in [4.69, 9.17) is 4.74 Å². The van der Waals surface area contributed by atoms with Crippen molar-refractivity contribution in [3.63, 3.8) is 0 Å². The molecule has 0 fully saturated rings. The number of aliphatic imine (C=N–C) groups is 1. The van der Waals surface area contributed by atoms with Crippen molar-refractivity contribution in [2.45, 2.75) is 4.90 Å². The van der Waals surface area contributed by atoms with E-state index in [1.807, 2.05) is 0 Å². The summed E-state index contributed by atoms with van der Waals surface area (Å²) in [6.07, 6.45) is 0. The molecule has 0 aliphatic carbocycles. The van der Waals surface area contributed by atoms with Crippen LogP contribution in [0.1, 0.15) is 10.4 Å². The second kappa shape index (κ2) is 3.16.